The maximum absolute atomic E-state index is 12.8. The minimum Gasteiger partial charge on any atom is -0.497 e. The number of methoxy groups -OCH3 is 1. The average molecular weight is 340 g/mol. The molecule has 1 aliphatic rings. The molecule has 0 saturated carbocycles. The smallest absolute Gasteiger partial charge is 0.255 e. The lowest BCUT2D eigenvalue weighted by molar-refractivity contribution is 0.0934. The van der Waals surface area contributed by atoms with Gasteiger partial charge < -0.3 is 20.5 Å². The number of carbonyl (C=O) groups is 1. The number of nitrogens with one attached hydrogen (secondary N) is 1. The lowest BCUT2D eigenvalue weighted by atomic mass is 10.1. The number of ether oxygens (including phenoxy) is 2. The highest BCUT2D eigenvalue weighted by atomic mass is 16.5. The van der Waals surface area contributed by atoms with E-state index in [4.69, 9.17) is 15.2 Å². The van der Waals surface area contributed by atoms with E-state index in [0.717, 1.165) is 19.3 Å². The van der Waals surface area contributed by atoms with Crippen molar-refractivity contribution in [2.45, 2.75) is 25.3 Å². The van der Waals surface area contributed by atoms with Crippen LogP contribution in [-0.2, 0) is 12.8 Å². The molecule has 25 heavy (non-hydrogen) atoms. The molecule has 5 heteroatoms. The first-order valence-electron chi connectivity index (χ1n) is 8.60. The van der Waals surface area contributed by atoms with E-state index in [0.29, 0.717) is 30.2 Å². The second-order valence-corrected chi connectivity index (χ2v) is 6.20. The minimum atomic E-state index is -0.139. The Morgan fingerprint density at radius 2 is 1.92 bits per heavy atom. The van der Waals surface area contributed by atoms with Crippen LogP contribution in [0.5, 0.6) is 11.5 Å². The van der Waals surface area contributed by atoms with Gasteiger partial charge in [0.05, 0.1) is 19.3 Å². The van der Waals surface area contributed by atoms with E-state index in [-0.39, 0.29) is 11.9 Å². The van der Waals surface area contributed by atoms with Crippen molar-refractivity contribution < 1.29 is 14.3 Å². The average Bonchev–Trinajstić information content (AvgIpc) is 3.04. The summed E-state index contributed by atoms with van der Waals surface area (Å²) in [6.45, 7) is 1.04. The fourth-order valence-electron chi connectivity index (χ4n) is 3.13. The highest BCUT2D eigenvalue weighted by molar-refractivity contribution is 5.97. The third-order valence-electron chi connectivity index (χ3n) is 4.42. The highest BCUT2D eigenvalue weighted by Gasteiger charge is 2.24. The normalized spacial score (nSPS) is 13.4. The third-order valence-corrected chi connectivity index (χ3v) is 4.42. The molecule has 0 heterocycles. The SMILES string of the molecule is COc1ccc(OCCCN)c(C(=O)NC2Cc3ccccc3C2)c1. The van der Waals surface area contributed by atoms with Crippen LogP contribution in [0.4, 0.5) is 0 Å². The summed E-state index contributed by atoms with van der Waals surface area (Å²) in [4.78, 5) is 12.8. The molecule has 0 saturated heterocycles. The van der Waals surface area contributed by atoms with Gasteiger partial charge in [0.25, 0.3) is 5.91 Å². The van der Waals surface area contributed by atoms with Crippen LogP contribution in [0.1, 0.15) is 27.9 Å². The van der Waals surface area contributed by atoms with Gasteiger partial charge in [0, 0.05) is 6.04 Å². The molecule has 3 rings (SSSR count). The van der Waals surface area contributed by atoms with Crippen molar-refractivity contribution in [2.75, 3.05) is 20.3 Å². The van der Waals surface area contributed by atoms with E-state index in [1.165, 1.54) is 11.1 Å². The monoisotopic (exact) mass is 340 g/mol. The summed E-state index contributed by atoms with van der Waals surface area (Å²) in [5.74, 6) is 1.05. The molecular weight excluding hydrogens is 316 g/mol. The molecular formula is C20H24N2O3. The molecule has 132 valence electrons. The number of rotatable bonds is 7. The molecule has 0 spiro atoms. The van der Waals surface area contributed by atoms with Crippen LogP contribution >= 0.6 is 0 Å². The summed E-state index contributed by atoms with van der Waals surface area (Å²) >= 11 is 0. The van der Waals surface area contributed by atoms with Crippen molar-refractivity contribution in [2.24, 2.45) is 5.73 Å². The number of carbonyl (C=O) groups excluding carboxylic acids is 1. The van der Waals surface area contributed by atoms with Gasteiger partial charge in [-0.2, -0.15) is 0 Å². The van der Waals surface area contributed by atoms with Crippen LogP contribution in [0.3, 0.4) is 0 Å². The Kier molecular flexibility index (Phi) is 5.56. The molecule has 3 N–H and O–H groups in total. The van der Waals surface area contributed by atoms with E-state index in [2.05, 4.69) is 17.4 Å². The van der Waals surface area contributed by atoms with Gasteiger partial charge in [-0.15, -0.1) is 0 Å². The number of nitrogens with two attached hydrogens (primary N) is 1. The summed E-state index contributed by atoms with van der Waals surface area (Å²) in [5.41, 5.74) is 8.61. The van der Waals surface area contributed by atoms with Crippen LogP contribution in [-0.4, -0.2) is 32.2 Å². The van der Waals surface area contributed by atoms with E-state index >= 15 is 0 Å². The zero-order chi connectivity index (χ0) is 17.6. The second-order valence-electron chi connectivity index (χ2n) is 6.20. The van der Waals surface area contributed by atoms with Crippen LogP contribution in [0.25, 0.3) is 0 Å². The van der Waals surface area contributed by atoms with Crippen molar-refractivity contribution in [1.82, 2.24) is 5.32 Å². The van der Waals surface area contributed by atoms with Crippen molar-refractivity contribution in [1.29, 1.82) is 0 Å². The predicted molar refractivity (Wildman–Crippen MR) is 97.3 cm³/mol. The topological polar surface area (TPSA) is 73.6 Å². The van der Waals surface area contributed by atoms with Gasteiger partial charge in [-0.1, -0.05) is 24.3 Å². The predicted octanol–water partition coefficient (Wildman–Crippen LogP) is 2.32. The van der Waals surface area contributed by atoms with Crippen molar-refractivity contribution >= 4 is 5.91 Å². The molecule has 2 aromatic carbocycles. The van der Waals surface area contributed by atoms with Crippen molar-refractivity contribution in [3.05, 3.63) is 59.2 Å². The molecule has 0 bridgehead atoms. The Balaban J connectivity index is 1.72. The Hall–Kier alpha value is -2.53. The summed E-state index contributed by atoms with van der Waals surface area (Å²) in [5, 5.41) is 3.13. The van der Waals surface area contributed by atoms with E-state index in [1.54, 1.807) is 25.3 Å². The first kappa shape index (κ1) is 17.3. The van der Waals surface area contributed by atoms with Gasteiger partial charge in [-0.25, -0.2) is 0 Å². The molecule has 0 fully saturated rings. The van der Waals surface area contributed by atoms with Gasteiger partial charge in [-0.05, 0) is 55.1 Å². The number of hydrogen-bond donors (Lipinski definition) is 2. The van der Waals surface area contributed by atoms with Gasteiger partial charge in [0.1, 0.15) is 11.5 Å². The first-order valence-corrected chi connectivity index (χ1v) is 8.60. The Morgan fingerprint density at radius 3 is 2.56 bits per heavy atom. The standard InChI is InChI=1S/C20H24N2O3/c1-24-17-7-8-19(25-10-4-9-21)18(13-17)20(23)22-16-11-14-5-2-3-6-15(14)12-16/h2-3,5-8,13,16H,4,9-12,21H2,1H3,(H,22,23). The van der Waals surface area contributed by atoms with E-state index in [1.807, 2.05) is 12.1 Å². The van der Waals surface area contributed by atoms with E-state index < -0.39 is 0 Å². The Bertz CT molecular complexity index is 720. The number of amides is 1. The summed E-state index contributed by atoms with van der Waals surface area (Å²) in [7, 11) is 1.58. The van der Waals surface area contributed by atoms with Gasteiger partial charge in [0.2, 0.25) is 0 Å². The number of benzene rings is 2. The minimum absolute atomic E-state index is 0.105. The van der Waals surface area contributed by atoms with Crippen LogP contribution in [0.15, 0.2) is 42.5 Å². The lowest BCUT2D eigenvalue weighted by Crippen LogP contribution is -2.35. The molecule has 2 aromatic rings. The molecule has 0 unspecified atom stereocenters. The highest BCUT2D eigenvalue weighted by Crippen LogP contribution is 2.26. The van der Waals surface area contributed by atoms with Gasteiger partial charge >= 0.3 is 0 Å². The maximum atomic E-state index is 12.8. The molecule has 0 radical (unpaired) electrons. The third kappa shape index (κ3) is 4.12. The Morgan fingerprint density at radius 1 is 1.20 bits per heavy atom. The largest absolute Gasteiger partial charge is 0.497 e. The van der Waals surface area contributed by atoms with Gasteiger partial charge in [0.15, 0.2) is 0 Å². The molecule has 1 amide bonds. The summed E-state index contributed by atoms with van der Waals surface area (Å²) < 4.78 is 11.0. The Labute approximate surface area is 148 Å². The maximum Gasteiger partial charge on any atom is 0.255 e. The van der Waals surface area contributed by atoms with Gasteiger partial charge in [-0.3, -0.25) is 4.79 Å². The molecule has 5 nitrogen and oxygen atoms in total. The molecule has 0 aromatic heterocycles. The van der Waals surface area contributed by atoms with Crippen molar-refractivity contribution in [3.8, 4) is 11.5 Å². The zero-order valence-electron chi connectivity index (χ0n) is 14.5. The summed E-state index contributed by atoms with van der Waals surface area (Å²) in [6.07, 6.45) is 2.45. The number of fused-ring (bicyclic) bond motifs is 1. The molecule has 0 aliphatic heterocycles. The lowest BCUT2D eigenvalue weighted by Gasteiger charge is -2.16. The molecule has 0 atom stereocenters. The van der Waals surface area contributed by atoms with Crippen LogP contribution in [0.2, 0.25) is 0 Å². The van der Waals surface area contributed by atoms with Crippen LogP contribution in [0, 0.1) is 0 Å². The number of hydrogen-bond acceptors (Lipinski definition) is 4. The quantitative estimate of drug-likeness (QED) is 0.759. The fourth-order valence-corrected chi connectivity index (χ4v) is 3.13. The first-order chi connectivity index (χ1) is 12.2. The second kappa shape index (κ2) is 8.03. The van der Waals surface area contributed by atoms with E-state index in [9.17, 15) is 4.79 Å². The van der Waals surface area contributed by atoms with Crippen molar-refractivity contribution in [3.63, 3.8) is 0 Å². The van der Waals surface area contributed by atoms with Crippen LogP contribution < -0.4 is 20.5 Å². The zero-order valence-corrected chi connectivity index (χ0v) is 14.5. The summed E-state index contributed by atoms with van der Waals surface area (Å²) in [6, 6.07) is 13.7. The fraction of sp³-hybridized carbons (Fsp3) is 0.350. The molecule has 1 aliphatic carbocycles.